The van der Waals surface area contributed by atoms with Gasteiger partial charge in [-0.25, -0.2) is 0 Å². The molecule has 1 amide bonds. The van der Waals surface area contributed by atoms with E-state index in [1.165, 1.54) is 11.8 Å². The van der Waals surface area contributed by atoms with Crippen LogP contribution in [0.5, 0.6) is 0 Å². The van der Waals surface area contributed by atoms with Gasteiger partial charge in [-0.15, -0.1) is 11.8 Å². The fourth-order valence-corrected chi connectivity index (χ4v) is 2.90. The Morgan fingerprint density at radius 2 is 2.20 bits per heavy atom. The van der Waals surface area contributed by atoms with Crippen LogP contribution in [0, 0.1) is 25.2 Å². The second kappa shape index (κ2) is 7.91. The molecule has 0 saturated heterocycles. The molecule has 0 spiro atoms. The van der Waals surface area contributed by atoms with Gasteiger partial charge in [-0.3, -0.25) is 9.78 Å². The number of amides is 1. The topological polar surface area (TPSA) is 57.0 Å². The van der Waals surface area contributed by atoms with E-state index in [0.29, 0.717) is 11.3 Å². The van der Waals surface area contributed by atoms with Crippen molar-refractivity contribution in [1.82, 2.24) is 9.88 Å². The molecule has 0 radical (unpaired) electrons. The minimum Gasteiger partial charge on any atom is -0.345 e. The molecule has 1 rings (SSSR count). The Morgan fingerprint density at radius 1 is 1.50 bits per heavy atom. The monoisotopic (exact) mass is 291 g/mol. The van der Waals surface area contributed by atoms with Crippen molar-refractivity contribution in [1.29, 1.82) is 5.26 Å². The van der Waals surface area contributed by atoms with Gasteiger partial charge in [0.1, 0.15) is 6.07 Å². The Balaban J connectivity index is 2.71. The molecule has 0 aromatic carbocycles. The van der Waals surface area contributed by atoms with Crippen molar-refractivity contribution in [3.63, 3.8) is 0 Å². The Hall–Kier alpha value is -1.54. The predicted octanol–water partition coefficient (Wildman–Crippen LogP) is 2.92. The van der Waals surface area contributed by atoms with E-state index >= 15 is 0 Å². The van der Waals surface area contributed by atoms with E-state index in [1.54, 1.807) is 4.90 Å². The molecule has 0 unspecified atom stereocenters. The fourth-order valence-electron chi connectivity index (χ4n) is 1.81. The molecule has 0 bridgehead atoms. The molecule has 0 aliphatic rings. The molecular formula is C15H21N3OS. The lowest BCUT2D eigenvalue weighted by atomic mass is 10.2. The van der Waals surface area contributed by atoms with E-state index in [1.807, 2.05) is 27.0 Å². The second-order valence-corrected chi connectivity index (χ2v) is 5.81. The predicted molar refractivity (Wildman–Crippen MR) is 81.7 cm³/mol. The maximum absolute atomic E-state index is 12.0. The number of unbranched alkanes of at least 4 members (excludes halogenated alkanes) is 1. The molecule has 1 aromatic heterocycles. The molecule has 0 fully saturated rings. The van der Waals surface area contributed by atoms with Crippen LogP contribution in [0.3, 0.4) is 0 Å². The van der Waals surface area contributed by atoms with Crippen molar-refractivity contribution in [3.8, 4) is 6.07 Å². The third-order valence-corrected chi connectivity index (χ3v) is 4.05. The van der Waals surface area contributed by atoms with Crippen molar-refractivity contribution >= 4 is 17.7 Å². The van der Waals surface area contributed by atoms with Gasteiger partial charge in [0.25, 0.3) is 0 Å². The molecule has 1 aromatic rings. The molecule has 108 valence electrons. The molecule has 4 nitrogen and oxygen atoms in total. The van der Waals surface area contributed by atoms with Crippen LogP contribution in [0.2, 0.25) is 0 Å². The minimum atomic E-state index is 0.0967. The van der Waals surface area contributed by atoms with Crippen molar-refractivity contribution < 1.29 is 4.79 Å². The van der Waals surface area contributed by atoms with Gasteiger partial charge in [0, 0.05) is 24.2 Å². The van der Waals surface area contributed by atoms with Crippen molar-refractivity contribution in [2.45, 2.75) is 38.5 Å². The standard InChI is InChI=1S/C15H21N3OS/c1-5-6-7-18(4)15(19)10-20-14-8-11(2)17-12(3)13(14)9-16/h8H,5-7,10H2,1-4H3. The van der Waals surface area contributed by atoms with Gasteiger partial charge in [0.05, 0.1) is 17.0 Å². The summed E-state index contributed by atoms with van der Waals surface area (Å²) >= 11 is 1.42. The number of nitrogens with zero attached hydrogens (tertiary/aromatic N) is 3. The van der Waals surface area contributed by atoms with Gasteiger partial charge in [-0.1, -0.05) is 13.3 Å². The number of carbonyl (C=O) groups excluding carboxylic acids is 1. The largest absolute Gasteiger partial charge is 0.345 e. The number of hydrogen-bond donors (Lipinski definition) is 0. The number of nitriles is 1. The summed E-state index contributed by atoms with van der Waals surface area (Å²) in [5, 5.41) is 9.18. The lowest BCUT2D eigenvalue weighted by Gasteiger charge is -2.16. The molecule has 0 N–H and O–H groups in total. The third-order valence-electron chi connectivity index (χ3n) is 3.03. The van der Waals surface area contributed by atoms with Crippen LogP contribution in [-0.4, -0.2) is 35.1 Å². The minimum absolute atomic E-state index is 0.0967. The summed E-state index contributed by atoms with van der Waals surface area (Å²) in [5.41, 5.74) is 2.17. The Kier molecular flexibility index (Phi) is 6.53. The first-order valence-corrected chi connectivity index (χ1v) is 7.73. The highest BCUT2D eigenvalue weighted by Crippen LogP contribution is 2.25. The number of aryl methyl sites for hydroxylation is 2. The van der Waals surface area contributed by atoms with E-state index in [-0.39, 0.29) is 5.91 Å². The summed E-state index contributed by atoms with van der Waals surface area (Å²) < 4.78 is 0. The molecule has 20 heavy (non-hydrogen) atoms. The highest BCUT2D eigenvalue weighted by atomic mass is 32.2. The van der Waals surface area contributed by atoms with E-state index in [9.17, 15) is 10.1 Å². The maximum Gasteiger partial charge on any atom is 0.232 e. The fraction of sp³-hybridized carbons (Fsp3) is 0.533. The lowest BCUT2D eigenvalue weighted by Crippen LogP contribution is -2.29. The first-order valence-electron chi connectivity index (χ1n) is 6.74. The molecule has 5 heteroatoms. The zero-order valence-electron chi connectivity index (χ0n) is 12.6. The normalized spacial score (nSPS) is 10.2. The van der Waals surface area contributed by atoms with Gasteiger partial charge in [0.2, 0.25) is 5.91 Å². The third kappa shape index (κ3) is 4.53. The SMILES string of the molecule is CCCCN(C)C(=O)CSc1cc(C)nc(C)c1C#N. The average Bonchev–Trinajstić information content (AvgIpc) is 2.41. The Bertz CT molecular complexity index is 523. The number of pyridine rings is 1. The summed E-state index contributed by atoms with van der Waals surface area (Å²) in [5.74, 6) is 0.456. The first kappa shape index (κ1) is 16.5. The summed E-state index contributed by atoms with van der Waals surface area (Å²) in [6.07, 6.45) is 2.09. The number of hydrogen-bond acceptors (Lipinski definition) is 4. The quantitative estimate of drug-likeness (QED) is 0.756. The summed E-state index contributed by atoms with van der Waals surface area (Å²) in [6.45, 7) is 6.61. The lowest BCUT2D eigenvalue weighted by molar-refractivity contribution is -0.127. The Labute approximate surface area is 125 Å². The molecule has 0 atom stereocenters. The summed E-state index contributed by atoms with van der Waals surface area (Å²) in [7, 11) is 1.83. The molecule has 0 aliphatic heterocycles. The average molecular weight is 291 g/mol. The van der Waals surface area contributed by atoms with Gasteiger partial charge in [0.15, 0.2) is 0 Å². The van der Waals surface area contributed by atoms with Crippen molar-refractivity contribution in [2.24, 2.45) is 0 Å². The molecule has 1 heterocycles. The highest BCUT2D eigenvalue weighted by molar-refractivity contribution is 8.00. The van der Waals surface area contributed by atoms with Gasteiger partial charge in [-0.05, 0) is 26.3 Å². The molecule has 0 aliphatic carbocycles. The Morgan fingerprint density at radius 3 is 2.80 bits per heavy atom. The van der Waals surface area contributed by atoms with Crippen molar-refractivity contribution in [2.75, 3.05) is 19.3 Å². The van der Waals surface area contributed by atoms with Crippen LogP contribution >= 0.6 is 11.8 Å². The van der Waals surface area contributed by atoms with Crippen molar-refractivity contribution in [3.05, 3.63) is 23.0 Å². The summed E-state index contributed by atoms with van der Waals surface area (Å²) in [4.78, 5) is 18.9. The first-order chi connectivity index (χ1) is 9.49. The zero-order valence-corrected chi connectivity index (χ0v) is 13.4. The van der Waals surface area contributed by atoms with Crippen LogP contribution in [0.4, 0.5) is 0 Å². The second-order valence-electron chi connectivity index (χ2n) is 4.79. The zero-order chi connectivity index (χ0) is 15.1. The number of thioether (sulfide) groups is 1. The number of rotatable bonds is 6. The van der Waals surface area contributed by atoms with Gasteiger partial charge >= 0.3 is 0 Å². The maximum atomic E-state index is 12.0. The van der Waals surface area contributed by atoms with Crippen LogP contribution < -0.4 is 0 Å². The smallest absolute Gasteiger partial charge is 0.232 e. The number of carbonyl (C=O) groups is 1. The van der Waals surface area contributed by atoms with E-state index in [2.05, 4.69) is 18.0 Å². The van der Waals surface area contributed by atoms with Crippen LogP contribution in [0.1, 0.15) is 36.7 Å². The van der Waals surface area contributed by atoms with Crippen LogP contribution in [0.15, 0.2) is 11.0 Å². The summed E-state index contributed by atoms with van der Waals surface area (Å²) in [6, 6.07) is 4.04. The molecule has 0 saturated carbocycles. The molecular weight excluding hydrogens is 270 g/mol. The van der Waals surface area contributed by atoms with E-state index in [4.69, 9.17) is 0 Å². The van der Waals surface area contributed by atoms with Gasteiger partial charge in [-0.2, -0.15) is 5.26 Å². The van der Waals surface area contributed by atoms with E-state index in [0.717, 1.165) is 35.7 Å². The number of aromatic nitrogens is 1. The van der Waals surface area contributed by atoms with E-state index < -0.39 is 0 Å². The van der Waals surface area contributed by atoms with Crippen LogP contribution in [-0.2, 0) is 4.79 Å². The van der Waals surface area contributed by atoms with Crippen LogP contribution in [0.25, 0.3) is 0 Å². The van der Waals surface area contributed by atoms with Gasteiger partial charge < -0.3 is 4.90 Å². The highest BCUT2D eigenvalue weighted by Gasteiger charge is 2.13.